The minimum absolute atomic E-state index is 0.0221. The number of aryl methyl sites for hydroxylation is 1. The molecular formula is C23H21FN4O3S2. The number of anilines is 2. The van der Waals surface area contributed by atoms with Crippen molar-refractivity contribution in [1.82, 2.24) is 4.90 Å². The molecule has 0 bridgehead atoms. The lowest BCUT2D eigenvalue weighted by Gasteiger charge is -2.36. The lowest BCUT2D eigenvalue weighted by Crippen LogP contribution is -2.49. The summed E-state index contributed by atoms with van der Waals surface area (Å²) in [5.41, 5.74) is 1.89. The normalized spacial score (nSPS) is 14.1. The fourth-order valence-electron chi connectivity index (χ4n) is 3.68. The lowest BCUT2D eigenvalue weighted by molar-refractivity contribution is 0.0748. The van der Waals surface area contributed by atoms with Gasteiger partial charge in [-0.2, -0.15) is 5.26 Å². The van der Waals surface area contributed by atoms with Gasteiger partial charge in [0.1, 0.15) is 27.2 Å². The highest BCUT2D eigenvalue weighted by atomic mass is 32.2. The van der Waals surface area contributed by atoms with Crippen LogP contribution < -0.4 is 9.62 Å². The summed E-state index contributed by atoms with van der Waals surface area (Å²) in [4.78, 5) is 16.7. The van der Waals surface area contributed by atoms with E-state index in [-0.39, 0.29) is 21.2 Å². The molecule has 33 heavy (non-hydrogen) atoms. The Kier molecular flexibility index (Phi) is 6.35. The van der Waals surface area contributed by atoms with Gasteiger partial charge in [-0.25, -0.2) is 12.8 Å². The summed E-state index contributed by atoms with van der Waals surface area (Å²) in [7, 11) is -3.94. The van der Waals surface area contributed by atoms with Crippen molar-refractivity contribution >= 4 is 38.6 Å². The summed E-state index contributed by atoms with van der Waals surface area (Å²) in [5.74, 6) is -0.948. The molecule has 0 saturated carbocycles. The predicted molar refractivity (Wildman–Crippen MR) is 126 cm³/mol. The number of halogens is 1. The maximum atomic E-state index is 14.0. The van der Waals surface area contributed by atoms with Gasteiger partial charge in [-0.05, 0) is 42.6 Å². The van der Waals surface area contributed by atoms with E-state index in [1.165, 1.54) is 12.1 Å². The summed E-state index contributed by atoms with van der Waals surface area (Å²) in [6.07, 6.45) is 0. The molecule has 1 aromatic heterocycles. The van der Waals surface area contributed by atoms with Crippen LogP contribution in [0.4, 0.5) is 15.8 Å². The second-order valence-electron chi connectivity index (χ2n) is 7.61. The van der Waals surface area contributed by atoms with E-state index in [0.717, 1.165) is 16.9 Å². The number of sulfonamides is 1. The maximum absolute atomic E-state index is 14.0. The Hall–Kier alpha value is -3.42. The summed E-state index contributed by atoms with van der Waals surface area (Å²) in [5, 5.41) is 10.9. The van der Waals surface area contributed by atoms with Crippen LogP contribution in [-0.2, 0) is 10.0 Å². The van der Waals surface area contributed by atoms with Crippen LogP contribution in [0.3, 0.4) is 0 Å². The van der Waals surface area contributed by atoms with Crippen LogP contribution in [0.5, 0.6) is 0 Å². The largest absolute Gasteiger partial charge is 0.367 e. The van der Waals surface area contributed by atoms with E-state index in [2.05, 4.69) is 4.72 Å². The molecule has 2 aromatic carbocycles. The summed E-state index contributed by atoms with van der Waals surface area (Å²) in [6, 6.07) is 14.7. The number of nitriles is 1. The van der Waals surface area contributed by atoms with Crippen molar-refractivity contribution in [3.05, 3.63) is 75.7 Å². The monoisotopic (exact) mass is 484 g/mol. The fraction of sp³-hybridized carbons (Fsp3) is 0.217. The SMILES string of the molecule is Cc1ccc(NS(=O)(=O)c2ccsc2C(=O)N2CCN(c3cccc(F)c3C#N)CC2)cc1. The Bertz CT molecular complexity index is 1320. The first-order valence-electron chi connectivity index (χ1n) is 10.2. The van der Waals surface area contributed by atoms with Crippen molar-refractivity contribution in [3.8, 4) is 6.07 Å². The summed E-state index contributed by atoms with van der Waals surface area (Å²) < 4.78 is 42.4. The number of thiophene rings is 1. The van der Waals surface area contributed by atoms with Gasteiger partial charge in [0.2, 0.25) is 0 Å². The van der Waals surface area contributed by atoms with E-state index in [1.807, 2.05) is 17.9 Å². The highest BCUT2D eigenvalue weighted by Gasteiger charge is 2.30. The zero-order chi connectivity index (χ0) is 23.6. The molecule has 1 saturated heterocycles. The van der Waals surface area contributed by atoms with Crippen LogP contribution in [0.2, 0.25) is 0 Å². The van der Waals surface area contributed by atoms with Crippen molar-refractivity contribution < 1.29 is 17.6 Å². The smallest absolute Gasteiger partial charge is 0.265 e. The quantitative estimate of drug-likeness (QED) is 0.594. The van der Waals surface area contributed by atoms with Crippen LogP contribution in [-0.4, -0.2) is 45.4 Å². The molecule has 1 aliphatic heterocycles. The fourth-order valence-corrected chi connectivity index (χ4v) is 6.13. The van der Waals surface area contributed by atoms with Crippen LogP contribution in [0.1, 0.15) is 20.8 Å². The first-order chi connectivity index (χ1) is 15.8. The van der Waals surface area contributed by atoms with E-state index >= 15 is 0 Å². The Morgan fingerprint density at radius 3 is 2.45 bits per heavy atom. The van der Waals surface area contributed by atoms with Gasteiger partial charge >= 0.3 is 0 Å². The third kappa shape index (κ3) is 4.69. The number of nitrogens with one attached hydrogen (secondary N) is 1. The highest BCUT2D eigenvalue weighted by molar-refractivity contribution is 7.93. The standard InChI is InChI=1S/C23H21FN4O3S2/c1-16-5-7-17(8-6-16)26-33(30,31)21-9-14-32-22(21)23(29)28-12-10-27(11-13-28)20-4-2-3-19(24)18(20)15-25/h2-9,14,26H,10-13H2,1H3. The molecule has 0 spiro atoms. The number of rotatable bonds is 5. The lowest BCUT2D eigenvalue weighted by atomic mass is 10.1. The average Bonchev–Trinajstić information content (AvgIpc) is 3.31. The molecule has 1 N–H and O–H groups in total. The molecule has 4 rings (SSSR count). The van der Waals surface area contributed by atoms with Gasteiger partial charge in [-0.15, -0.1) is 11.3 Å². The molecule has 2 heterocycles. The van der Waals surface area contributed by atoms with Crippen LogP contribution >= 0.6 is 11.3 Å². The van der Waals surface area contributed by atoms with Gasteiger partial charge in [0.05, 0.1) is 5.69 Å². The summed E-state index contributed by atoms with van der Waals surface area (Å²) in [6.45, 7) is 3.35. The average molecular weight is 485 g/mol. The topological polar surface area (TPSA) is 93.5 Å². The summed E-state index contributed by atoms with van der Waals surface area (Å²) >= 11 is 1.08. The molecule has 10 heteroatoms. The van der Waals surface area contributed by atoms with Crippen molar-refractivity contribution in [3.63, 3.8) is 0 Å². The third-order valence-electron chi connectivity index (χ3n) is 5.43. The first-order valence-corrected chi connectivity index (χ1v) is 12.6. The van der Waals surface area contributed by atoms with Crippen LogP contribution in [0.15, 0.2) is 58.8 Å². The molecule has 1 aliphatic rings. The number of carbonyl (C=O) groups is 1. The molecule has 1 amide bonds. The van der Waals surface area contributed by atoms with Crippen molar-refractivity contribution in [2.45, 2.75) is 11.8 Å². The van der Waals surface area contributed by atoms with E-state index in [9.17, 15) is 22.9 Å². The van der Waals surface area contributed by atoms with Crippen molar-refractivity contribution in [1.29, 1.82) is 5.26 Å². The van der Waals surface area contributed by atoms with Gasteiger partial charge in [-0.3, -0.25) is 9.52 Å². The van der Waals surface area contributed by atoms with Gasteiger partial charge < -0.3 is 9.80 Å². The molecule has 0 aliphatic carbocycles. The number of piperazine rings is 1. The van der Waals surface area contributed by atoms with E-state index in [0.29, 0.717) is 37.6 Å². The Balaban J connectivity index is 1.49. The Morgan fingerprint density at radius 2 is 1.79 bits per heavy atom. The molecule has 7 nitrogen and oxygen atoms in total. The second-order valence-corrected chi connectivity index (χ2v) is 10.2. The van der Waals surface area contributed by atoms with Crippen molar-refractivity contribution in [2.24, 2.45) is 0 Å². The maximum Gasteiger partial charge on any atom is 0.265 e. The number of nitrogens with zero attached hydrogens (tertiary/aromatic N) is 3. The third-order valence-corrected chi connectivity index (χ3v) is 7.88. The molecule has 170 valence electrons. The zero-order valence-corrected chi connectivity index (χ0v) is 19.4. The molecule has 0 radical (unpaired) electrons. The molecule has 0 unspecified atom stereocenters. The molecule has 0 atom stereocenters. The Labute approximate surface area is 195 Å². The number of carbonyl (C=O) groups excluding carboxylic acids is 1. The van der Waals surface area contributed by atoms with Crippen LogP contribution in [0.25, 0.3) is 0 Å². The second kappa shape index (κ2) is 9.21. The zero-order valence-electron chi connectivity index (χ0n) is 17.8. The molecular weight excluding hydrogens is 463 g/mol. The number of amides is 1. The van der Waals surface area contributed by atoms with Crippen LogP contribution in [0, 0.1) is 24.1 Å². The number of hydrogen-bond acceptors (Lipinski definition) is 6. The van der Waals surface area contributed by atoms with Crippen molar-refractivity contribution in [2.75, 3.05) is 35.8 Å². The van der Waals surface area contributed by atoms with Gasteiger partial charge in [0.15, 0.2) is 0 Å². The first kappa shape index (κ1) is 22.8. The minimum Gasteiger partial charge on any atom is -0.367 e. The Morgan fingerprint density at radius 1 is 1.09 bits per heavy atom. The minimum atomic E-state index is -3.94. The van der Waals surface area contributed by atoms with E-state index < -0.39 is 15.8 Å². The molecule has 1 fully saturated rings. The highest BCUT2D eigenvalue weighted by Crippen LogP contribution is 2.28. The van der Waals surface area contributed by atoms with E-state index in [1.54, 1.807) is 46.7 Å². The van der Waals surface area contributed by atoms with Gasteiger partial charge in [0, 0.05) is 31.9 Å². The predicted octanol–water partition coefficient (Wildman–Crippen LogP) is 3.83. The molecule has 3 aromatic rings. The number of benzene rings is 2. The van der Waals surface area contributed by atoms with E-state index in [4.69, 9.17) is 0 Å². The van der Waals surface area contributed by atoms with Gasteiger partial charge in [0.25, 0.3) is 15.9 Å². The number of hydrogen-bond donors (Lipinski definition) is 1. The van der Waals surface area contributed by atoms with Gasteiger partial charge in [-0.1, -0.05) is 23.8 Å².